The fraction of sp³-hybridized carbons (Fsp3) is 0.364. The molecule has 0 unspecified atom stereocenters. The highest BCUT2D eigenvalue weighted by Gasteiger charge is 2.32. The van der Waals surface area contributed by atoms with Crippen molar-refractivity contribution in [1.29, 1.82) is 10.5 Å². The molecular formula is C22H21ClN10O2. The van der Waals surface area contributed by atoms with Crippen molar-refractivity contribution in [1.82, 2.24) is 24.9 Å². The number of hydrogen-bond acceptors (Lipinski definition) is 9. The van der Waals surface area contributed by atoms with Gasteiger partial charge in [0.25, 0.3) is 0 Å². The molecule has 2 atom stereocenters. The minimum Gasteiger partial charge on any atom is -0.465 e. The first-order valence-electron chi connectivity index (χ1n) is 11.0. The van der Waals surface area contributed by atoms with Crippen LogP contribution in [-0.2, 0) is 0 Å². The Kier molecular flexibility index (Phi) is 5.67. The Hall–Kier alpha value is -4.29. The van der Waals surface area contributed by atoms with Crippen molar-refractivity contribution in [2.75, 3.05) is 28.6 Å². The van der Waals surface area contributed by atoms with Gasteiger partial charge in [-0.3, -0.25) is 0 Å². The van der Waals surface area contributed by atoms with Gasteiger partial charge < -0.3 is 26.0 Å². The molecule has 2 aromatic heterocycles. The first kappa shape index (κ1) is 22.5. The summed E-state index contributed by atoms with van der Waals surface area (Å²) in [6, 6.07) is 7.51. The lowest BCUT2D eigenvalue weighted by Crippen LogP contribution is -2.38. The van der Waals surface area contributed by atoms with E-state index >= 15 is 0 Å². The van der Waals surface area contributed by atoms with Crippen LogP contribution >= 0.6 is 11.6 Å². The maximum Gasteiger partial charge on any atom is 0.404 e. The number of nitrogens with one attached hydrogen (secondary N) is 3. The molecule has 2 fully saturated rings. The van der Waals surface area contributed by atoms with Crippen molar-refractivity contribution in [2.45, 2.75) is 31.8 Å². The smallest absolute Gasteiger partial charge is 0.404 e. The fourth-order valence-electron chi connectivity index (χ4n) is 4.15. The molecule has 12 nitrogen and oxygen atoms in total. The third-order valence-corrected chi connectivity index (χ3v) is 6.48. The molecule has 2 aliphatic rings. The number of carbonyl (C=O) groups is 1. The number of hydrogen-bond donors (Lipinski definition) is 4. The van der Waals surface area contributed by atoms with E-state index < -0.39 is 6.09 Å². The first-order chi connectivity index (χ1) is 16.9. The Morgan fingerprint density at radius 2 is 2.06 bits per heavy atom. The second-order valence-electron chi connectivity index (χ2n) is 8.73. The molecular weight excluding hydrogens is 472 g/mol. The van der Waals surface area contributed by atoms with Crippen molar-refractivity contribution in [3.8, 4) is 12.1 Å². The Morgan fingerprint density at radius 1 is 1.26 bits per heavy atom. The molecule has 35 heavy (non-hydrogen) atoms. The van der Waals surface area contributed by atoms with Gasteiger partial charge in [-0.2, -0.15) is 20.0 Å². The van der Waals surface area contributed by atoms with Crippen molar-refractivity contribution in [2.24, 2.45) is 5.92 Å². The van der Waals surface area contributed by atoms with Crippen molar-refractivity contribution in [3.05, 3.63) is 34.6 Å². The van der Waals surface area contributed by atoms with E-state index in [2.05, 4.69) is 43.2 Å². The van der Waals surface area contributed by atoms with Crippen LogP contribution in [0.2, 0.25) is 5.02 Å². The van der Waals surface area contributed by atoms with Gasteiger partial charge in [-0.15, -0.1) is 5.10 Å². The second kappa shape index (κ2) is 8.81. The second-order valence-corrected chi connectivity index (χ2v) is 9.10. The summed E-state index contributed by atoms with van der Waals surface area (Å²) in [5.41, 5.74) is 2.09. The molecule has 0 radical (unpaired) electrons. The maximum absolute atomic E-state index is 11.1. The van der Waals surface area contributed by atoms with Crippen LogP contribution in [0.3, 0.4) is 0 Å². The van der Waals surface area contributed by atoms with Gasteiger partial charge in [0, 0.05) is 19.1 Å². The van der Waals surface area contributed by atoms with Crippen LogP contribution in [0.25, 0.3) is 5.65 Å². The highest BCUT2D eigenvalue weighted by atomic mass is 35.5. The van der Waals surface area contributed by atoms with Gasteiger partial charge in [0.1, 0.15) is 6.07 Å². The van der Waals surface area contributed by atoms with E-state index in [1.54, 1.807) is 12.1 Å². The van der Waals surface area contributed by atoms with E-state index in [1.165, 1.54) is 10.7 Å². The summed E-state index contributed by atoms with van der Waals surface area (Å²) in [6.07, 6.45) is 2.40. The number of carboxylic acid groups (broad SMARTS) is 1. The Bertz CT molecular complexity index is 1400. The molecule has 178 valence electrons. The average molecular weight is 493 g/mol. The molecule has 1 amide bonds. The van der Waals surface area contributed by atoms with E-state index in [4.69, 9.17) is 16.7 Å². The van der Waals surface area contributed by atoms with E-state index in [9.17, 15) is 15.3 Å². The zero-order chi connectivity index (χ0) is 24.7. The molecule has 1 saturated carbocycles. The predicted octanol–water partition coefficient (Wildman–Crippen LogP) is 2.93. The Balaban J connectivity index is 1.51. The number of amides is 1. The Morgan fingerprint density at radius 3 is 2.74 bits per heavy atom. The first-order valence-corrected chi connectivity index (χ1v) is 11.4. The zero-order valence-corrected chi connectivity index (χ0v) is 19.4. The van der Waals surface area contributed by atoms with Crippen LogP contribution < -0.4 is 20.9 Å². The summed E-state index contributed by atoms with van der Waals surface area (Å²) in [7, 11) is 0. The van der Waals surface area contributed by atoms with Crippen LogP contribution in [0.5, 0.6) is 0 Å². The van der Waals surface area contributed by atoms with Crippen LogP contribution in [-0.4, -0.2) is 56.0 Å². The van der Waals surface area contributed by atoms with Crippen LogP contribution in [0.1, 0.15) is 31.0 Å². The molecule has 0 spiro atoms. The summed E-state index contributed by atoms with van der Waals surface area (Å²) in [6.45, 7) is 2.94. The third kappa shape index (κ3) is 4.44. The normalized spacial score (nSPS) is 19.3. The number of nitrogens with zero attached hydrogens (tertiary/aromatic N) is 7. The lowest BCUT2D eigenvalue weighted by Gasteiger charge is -2.22. The summed E-state index contributed by atoms with van der Waals surface area (Å²) in [5, 5.41) is 41.9. The molecule has 1 saturated heterocycles. The number of benzene rings is 1. The molecule has 1 aromatic carbocycles. The maximum atomic E-state index is 11.1. The van der Waals surface area contributed by atoms with Crippen molar-refractivity contribution in [3.63, 3.8) is 0 Å². The molecule has 1 aliphatic heterocycles. The minimum absolute atomic E-state index is 0.0526. The van der Waals surface area contributed by atoms with Crippen LogP contribution in [0.4, 0.5) is 27.9 Å². The van der Waals surface area contributed by atoms with Gasteiger partial charge in [0.05, 0.1) is 40.3 Å². The van der Waals surface area contributed by atoms with Gasteiger partial charge in [-0.05, 0) is 30.9 Å². The van der Waals surface area contributed by atoms with Crippen LogP contribution in [0.15, 0.2) is 18.3 Å². The van der Waals surface area contributed by atoms with Gasteiger partial charge in [0.15, 0.2) is 17.2 Å². The van der Waals surface area contributed by atoms with E-state index in [0.29, 0.717) is 52.6 Å². The van der Waals surface area contributed by atoms with Crippen molar-refractivity contribution < 1.29 is 9.90 Å². The van der Waals surface area contributed by atoms with E-state index in [1.807, 2.05) is 11.8 Å². The molecule has 4 N–H and O–H groups in total. The highest BCUT2D eigenvalue weighted by molar-refractivity contribution is 6.36. The zero-order valence-electron chi connectivity index (χ0n) is 18.7. The highest BCUT2D eigenvalue weighted by Crippen LogP contribution is 2.38. The van der Waals surface area contributed by atoms with Gasteiger partial charge in [-0.1, -0.05) is 18.5 Å². The SMILES string of the molecule is C[C@@H]1CN(c2cc(C#N)cc(Nc3nc(NC4CC4)c4ncc(C#N)n4n3)c2Cl)C[C@H]1NC(=O)O. The Labute approximate surface area is 205 Å². The van der Waals surface area contributed by atoms with E-state index in [-0.39, 0.29) is 23.6 Å². The fourth-order valence-corrected chi connectivity index (χ4v) is 4.43. The third-order valence-electron chi connectivity index (χ3n) is 6.09. The number of fused-ring (bicyclic) bond motifs is 1. The number of aromatic nitrogens is 4. The number of anilines is 4. The quantitative estimate of drug-likeness (QED) is 0.401. The lowest BCUT2D eigenvalue weighted by atomic mass is 10.1. The monoisotopic (exact) mass is 492 g/mol. The number of rotatable bonds is 6. The molecule has 3 aromatic rings. The average Bonchev–Trinajstić information content (AvgIpc) is 3.43. The standard InChI is InChI=1S/C22H21ClN10O2/c1-11-9-32(10-16(11)29-22(34)35)17-5-12(6-24)4-15(18(17)23)28-21-30-19(27-13-2-3-13)20-26-8-14(7-25)33(20)31-21/h4-5,8,11,13,16,29H,2-3,9-10H2,1H3,(H,34,35)(H2,27,28,30,31)/t11-,16-/m1/s1. The summed E-state index contributed by atoms with van der Waals surface area (Å²) < 4.78 is 1.41. The molecule has 13 heteroatoms. The lowest BCUT2D eigenvalue weighted by molar-refractivity contribution is 0.188. The van der Waals surface area contributed by atoms with Crippen molar-refractivity contribution >= 4 is 46.5 Å². The van der Waals surface area contributed by atoms with Gasteiger partial charge >= 0.3 is 6.09 Å². The van der Waals surface area contributed by atoms with Gasteiger partial charge in [0.2, 0.25) is 5.95 Å². The number of imidazole rings is 1. The topological polar surface area (TPSA) is 167 Å². The summed E-state index contributed by atoms with van der Waals surface area (Å²) in [5.74, 6) is 0.727. The van der Waals surface area contributed by atoms with E-state index in [0.717, 1.165) is 12.8 Å². The molecule has 0 bridgehead atoms. The number of halogens is 1. The minimum atomic E-state index is -1.08. The van der Waals surface area contributed by atoms with Gasteiger partial charge in [-0.25, -0.2) is 9.78 Å². The molecule has 1 aliphatic carbocycles. The predicted molar refractivity (Wildman–Crippen MR) is 128 cm³/mol. The largest absolute Gasteiger partial charge is 0.465 e. The number of nitriles is 2. The molecule has 5 rings (SSSR count). The summed E-state index contributed by atoms with van der Waals surface area (Å²) >= 11 is 6.77. The molecule has 3 heterocycles. The summed E-state index contributed by atoms with van der Waals surface area (Å²) in [4.78, 5) is 21.9. The van der Waals surface area contributed by atoms with Crippen LogP contribution in [0, 0.1) is 28.6 Å².